The molecule has 0 saturated heterocycles. The van der Waals surface area contributed by atoms with E-state index >= 15 is 0 Å². The maximum absolute atomic E-state index is 11.9. The molecule has 1 amide bonds. The fourth-order valence-corrected chi connectivity index (χ4v) is 4.06. The Labute approximate surface area is 155 Å². The Hall–Kier alpha value is -2.85. The zero-order valence-corrected chi connectivity index (χ0v) is 14.8. The summed E-state index contributed by atoms with van der Waals surface area (Å²) in [4.78, 5) is 26.6. The van der Waals surface area contributed by atoms with Crippen molar-refractivity contribution in [3.05, 3.63) is 52.1 Å². The monoisotopic (exact) mass is 391 g/mol. The number of amides is 1. The minimum absolute atomic E-state index is 0.00703. The number of thioether (sulfide) groups is 1. The molecule has 3 N–H and O–H groups in total. The van der Waals surface area contributed by atoms with Crippen LogP contribution < -0.4 is 5.32 Å². The minimum atomic E-state index is -0.458. The van der Waals surface area contributed by atoms with Crippen molar-refractivity contribution < 1.29 is 19.9 Å². The maximum atomic E-state index is 11.9. The summed E-state index contributed by atoms with van der Waals surface area (Å²) in [6.45, 7) is 0.222. The van der Waals surface area contributed by atoms with Crippen molar-refractivity contribution in [2.75, 3.05) is 5.75 Å². The van der Waals surface area contributed by atoms with Gasteiger partial charge in [-0.1, -0.05) is 17.8 Å². The number of aromatic nitrogens is 1. The maximum Gasteiger partial charge on any atom is 0.270 e. The van der Waals surface area contributed by atoms with Gasteiger partial charge >= 0.3 is 0 Å². The van der Waals surface area contributed by atoms with Crippen LogP contribution in [-0.2, 0) is 11.3 Å². The van der Waals surface area contributed by atoms with Crippen molar-refractivity contribution in [1.29, 1.82) is 0 Å². The minimum Gasteiger partial charge on any atom is -0.504 e. The van der Waals surface area contributed by atoms with E-state index in [-0.39, 0.29) is 35.4 Å². The molecule has 2 aromatic carbocycles. The lowest BCUT2D eigenvalue weighted by Crippen LogP contribution is -2.24. The quantitative estimate of drug-likeness (QED) is 0.255. The molecule has 10 heteroatoms. The number of nitrogens with zero attached hydrogens (tertiary/aromatic N) is 2. The number of rotatable bonds is 6. The van der Waals surface area contributed by atoms with Crippen LogP contribution in [-0.4, -0.2) is 31.8 Å². The van der Waals surface area contributed by atoms with Crippen molar-refractivity contribution >= 4 is 44.9 Å². The molecule has 0 aliphatic carbocycles. The highest BCUT2D eigenvalue weighted by Gasteiger charge is 2.12. The summed E-state index contributed by atoms with van der Waals surface area (Å²) >= 11 is 2.54. The van der Waals surface area contributed by atoms with Gasteiger partial charge in [-0.2, -0.15) is 0 Å². The van der Waals surface area contributed by atoms with Crippen LogP contribution in [0.5, 0.6) is 11.5 Å². The third kappa shape index (κ3) is 4.21. The number of nitrogens with one attached hydrogen (secondary N) is 1. The van der Waals surface area contributed by atoms with Crippen molar-refractivity contribution in [2.45, 2.75) is 10.9 Å². The number of benzene rings is 2. The second-order valence-electron chi connectivity index (χ2n) is 5.28. The van der Waals surface area contributed by atoms with Gasteiger partial charge in [0, 0.05) is 18.7 Å². The lowest BCUT2D eigenvalue weighted by atomic mass is 10.2. The molecule has 134 valence electrons. The van der Waals surface area contributed by atoms with E-state index in [0.29, 0.717) is 20.1 Å². The number of aromatic hydroxyl groups is 2. The van der Waals surface area contributed by atoms with Crippen LogP contribution in [0.2, 0.25) is 0 Å². The third-order valence-corrected chi connectivity index (χ3v) is 5.58. The van der Waals surface area contributed by atoms with Gasteiger partial charge < -0.3 is 15.5 Å². The number of carbonyl (C=O) groups excluding carboxylic acids is 1. The second-order valence-corrected chi connectivity index (χ2v) is 7.53. The Kier molecular flexibility index (Phi) is 5.24. The summed E-state index contributed by atoms with van der Waals surface area (Å²) in [6, 6.07) is 8.79. The van der Waals surface area contributed by atoms with Crippen LogP contribution in [0.3, 0.4) is 0 Å². The average molecular weight is 391 g/mol. The molecule has 26 heavy (non-hydrogen) atoms. The molecular weight excluding hydrogens is 378 g/mol. The predicted molar refractivity (Wildman–Crippen MR) is 98.6 cm³/mol. The van der Waals surface area contributed by atoms with Crippen LogP contribution in [0.4, 0.5) is 5.69 Å². The number of non-ortho nitro benzene ring substituents is 1. The third-order valence-electron chi connectivity index (χ3n) is 3.42. The van der Waals surface area contributed by atoms with Crippen LogP contribution in [0.15, 0.2) is 40.7 Å². The van der Waals surface area contributed by atoms with E-state index < -0.39 is 4.92 Å². The van der Waals surface area contributed by atoms with Crippen LogP contribution in [0.1, 0.15) is 5.56 Å². The molecule has 1 heterocycles. The summed E-state index contributed by atoms with van der Waals surface area (Å²) in [6.07, 6.45) is 0. The van der Waals surface area contributed by atoms with Gasteiger partial charge in [-0.3, -0.25) is 14.9 Å². The van der Waals surface area contributed by atoms with Gasteiger partial charge in [-0.05, 0) is 23.8 Å². The Balaban J connectivity index is 1.56. The number of nitro benzene ring substituents is 1. The van der Waals surface area contributed by atoms with Crippen molar-refractivity contribution in [3.63, 3.8) is 0 Å². The van der Waals surface area contributed by atoms with Crippen LogP contribution in [0, 0.1) is 10.1 Å². The molecule has 1 aromatic heterocycles. The van der Waals surface area contributed by atoms with Crippen LogP contribution in [0.25, 0.3) is 10.2 Å². The second kappa shape index (κ2) is 7.58. The van der Waals surface area contributed by atoms with Gasteiger partial charge in [0.1, 0.15) is 0 Å². The topological polar surface area (TPSA) is 126 Å². The number of phenols is 2. The lowest BCUT2D eigenvalue weighted by Gasteiger charge is -2.05. The van der Waals surface area contributed by atoms with Gasteiger partial charge in [0.2, 0.25) is 5.91 Å². The summed E-state index contributed by atoms with van der Waals surface area (Å²) in [5.41, 5.74) is 1.32. The highest BCUT2D eigenvalue weighted by atomic mass is 32.2. The average Bonchev–Trinajstić information content (AvgIpc) is 3.03. The van der Waals surface area contributed by atoms with Crippen LogP contribution >= 0.6 is 23.1 Å². The van der Waals surface area contributed by atoms with Gasteiger partial charge in [-0.25, -0.2) is 4.98 Å². The number of carbonyl (C=O) groups is 1. The number of phenolic OH excluding ortho intramolecular Hbond substituents is 2. The highest BCUT2D eigenvalue weighted by molar-refractivity contribution is 8.01. The Morgan fingerprint density at radius 2 is 2.04 bits per heavy atom. The van der Waals surface area contributed by atoms with E-state index in [1.54, 1.807) is 12.1 Å². The van der Waals surface area contributed by atoms with Crippen molar-refractivity contribution in [2.24, 2.45) is 0 Å². The van der Waals surface area contributed by atoms with E-state index in [4.69, 9.17) is 0 Å². The van der Waals surface area contributed by atoms with Crippen molar-refractivity contribution in [3.8, 4) is 11.5 Å². The summed E-state index contributed by atoms with van der Waals surface area (Å²) in [7, 11) is 0. The van der Waals surface area contributed by atoms with E-state index in [1.807, 2.05) is 0 Å². The molecule has 0 bridgehead atoms. The smallest absolute Gasteiger partial charge is 0.270 e. The molecule has 0 fully saturated rings. The molecular formula is C16H13N3O5S2. The van der Waals surface area contributed by atoms with Gasteiger partial charge in [0.05, 0.1) is 20.9 Å². The van der Waals surface area contributed by atoms with E-state index in [2.05, 4.69) is 10.3 Å². The zero-order chi connectivity index (χ0) is 18.7. The fourth-order valence-electron chi connectivity index (χ4n) is 2.13. The fraction of sp³-hybridized carbons (Fsp3) is 0.125. The molecule has 0 saturated carbocycles. The highest BCUT2D eigenvalue weighted by Crippen LogP contribution is 2.31. The molecule has 0 spiro atoms. The number of fused-ring (bicyclic) bond motifs is 1. The SMILES string of the molecule is O=C(CSc1nc2ccc([N+](=O)[O-])cc2s1)NCc1ccc(O)c(O)c1. The number of hydrogen-bond acceptors (Lipinski definition) is 8. The van der Waals surface area contributed by atoms with Gasteiger partial charge in [0.15, 0.2) is 15.8 Å². The molecule has 8 nitrogen and oxygen atoms in total. The van der Waals surface area contributed by atoms with E-state index in [0.717, 1.165) is 0 Å². The normalized spacial score (nSPS) is 10.8. The molecule has 0 aliphatic rings. The first-order valence-electron chi connectivity index (χ1n) is 7.38. The summed E-state index contributed by atoms with van der Waals surface area (Å²) < 4.78 is 1.35. The largest absolute Gasteiger partial charge is 0.504 e. The summed E-state index contributed by atoms with van der Waals surface area (Å²) in [5.74, 6) is -0.527. The first-order chi connectivity index (χ1) is 12.4. The first-order valence-corrected chi connectivity index (χ1v) is 9.18. The van der Waals surface area contributed by atoms with E-state index in [9.17, 15) is 25.1 Å². The number of hydrogen-bond donors (Lipinski definition) is 3. The lowest BCUT2D eigenvalue weighted by molar-refractivity contribution is -0.384. The molecule has 0 atom stereocenters. The predicted octanol–water partition coefficient (Wildman–Crippen LogP) is 3.02. The summed E-state index contributed by atoms with van der Waals surface area (Å²) in [5, 5.41) is 32.2. The molecule has 0 aliphatic heterocycles. The van der Waals surface area contributed by atoms with E-state index in [1.165, 1.54) is 47.4 Å². The molecule has 0 radical (unpaired) electrons. The molecule has 3 aromatic rings. The van der Waals surface area contributed by atoms with Gasteiger partial charge in [-0.15, -0.1) is 11.3 Å². The number of nitro groups is 1. The standard InChI is InChI=1S/C16H13N3O5S2/c20-12-4-1-9(5-13(12)21)7-17-15(22)8-25-16-18-11-3-2-10(19(23)24)6-14(11)26-16/h1-6,20-21H,7-8H2,(H,17,22). The Morgan fingerprint density at radius 1 is 1.23 bits per heavy atom. The molecule has 3 rings (SSSR count). The first kappa shape index (κ1) is 18.0. The zero-order valence-electron chi connectivity index (χ0n) is 13.2. The molecule has 0 unspecified atom stereocenters. The Bertz CT molecular complexity index is 989. The van der Waals surface area contributed by atoms with Crippen molar-refractivity contribution in [1.82, 2.24) is 10.3 Å². The Morgan fingerprint density at radius 3 is 2.77 bits per heavy atom. The van der Waals surface area contributed by atoms with Gasteiger partial charge in [0.25, 0.3) is 5.69 Å². The number of thiazole rings is 1.